The molecule has 0 fully saturated rings. The van der Waals surface area contributed by atoms with E-state index >= 15 is 0 Å². The third-order valence-electron chi connectivity index (χ3n) is 3.18. The molecule has 0 bridgehead atoms. The highest BCUT2D eigenvalue weighted by Crippen LogP contribution is 2.23. The molecule has 6 nitrogen and oxygen atoms in total. The molecular weight excluding hydrogens is 280 g/mol. The number of rotatable bonds is 5. The lowest BCUT2D eigenvalue weighted by Gasteiger charge is -2.24. The molecule has 0 spiro atoms. The van der Waals surface area contributed by atoms with Gasteiger partial charge < -0.3 is 15.8 Å². The van der Waals surface area contributed by atoms with Crippen LogP contribution in [-0.2, 0) is 14.6 Å². The van der Waals surface area contributed by atoms with Crippen LogP contribution in [0, 0.1) is 0 Å². The quantitative estimate of drug-likeness (QED) is 0.628. The molecule has 0 heterocycles. The number of ether oxygens (including phenoxy) is 1. The standard InChI is InChI=1S/C13H20N2O4S/c1-13(2,20(4,17)18)8-15-11-7-9(12(16)19-3)5-6-10(11)14/h5-7,15H,8,14H2,1-4H3. The van der Waals surface area contributed by atoms with Gasteiger partial charge in [-0.25, -0.2) is 13.2 Å². The van der Waals surface area contributed by atoms with Gasteiger partial charge in [0.1, 0.15) is 0 Å². The zero-order valence-corrected chi connectivity index (χ0v) is 12.9. The first kappa shape index (κ1) is 16.3. The number of hydrogen-bond acceptors (Lipinski definition) is 6. The van der Waals surface area contributed by atoms with Gasteiger partial charge in [0.2, 0.25) is 0 Å². The Bertz CT molecular complexity index is 609. The van der Waals surface area contributed by atoms with E-state index in [0.717, 1.165) is 0 Å². The van der Waals surface area contributed by atoms with Crippen LogP contribution < -0.4 is 11.1 Å². The Kier molecular flexibility index (Phi) is 4.65. The summed E-state index contributed by atoms with van der Waals surface area (Å²) in [6.45, 7) is 3.42. The second kappa shape index (κ2) is 5.70. The predicted octanol–water partition coefficient (Wildman–Crippen LogP) is 1.29. The summed E-state index contributed by atoms with van der Waals surface area (Å²) in [5, 5.41) is 2.97. The van der Waals surface area contributed by atoms with Gasteiger partial charge in [0.25, 0.3) is 0 Å². The Balaban J connectivity index is 2.96. The van der Waals surface area contributed by atoms with E-state index in [0.29, 0.717) is 16.9 Å². The number of carbonyl (C=O) groups excluding carboxylic acids is 1. The average molecular weight is 300 g/mol. The van der Waals surface area contributed by atoms with Crippen LogP contribution in [0.25, 0.3) is 0 Å². The van der Waals surface area contributed by atoms with Gasteiger partial charge in [-0.05, 0) is 32.0 Å². The highest BCUT2D eigenvalue weighted by atomic mass is 32.2. The highest BCUT2D eigenvalue weighted by Gasteiger charge is 2.30. The molecule has 7 heteroatoms. The van der Waals surface area contributed by atoms with Gasteiger partial charge in [-0.3, -0.25) is 0 Å². The molecule has 20 heavy (non-hydrogen) atoms. The summed E-state index contributed by atoms with van der Waals surface area (Å²) in [4.78, 5) is 11.5. The van der Waals surface area contributed by atoms with E-state index in [1.807, 2.05) is 0 Å². The number of benzene rings is 1. The van der Waals surface area contributed by atoms with Gasteiger partial charge in [-0.15, -0.1) is 0 Å². The number of esters is 1. The van der Waals surface area contributed by atoms with E-state index in [1.165, 1.54) is 13.4 Å². The first-order valence-electron chi connectivity index (χ1n) is 6.00. The second-order valence-electron chi connectivity index (χ2n) is 5.18. The molecule has 0 unspecified atom stereocenters. The van der Waals surface area contributed by atoms with Crippen molar-refractivity contribution in [3.63, 3.8) is 0 Å². The van der Waals surface area contributed by atoms with Crippen LogP contribution in [0.15, 0.2) is 18.2 Å². The van der Waals surface area contributed by atoms with Gasteiger partial charge in [0, 0.05) is 12.8 Å². The molecule has 0 aliphatic heterocycles. The van der Waals surface area contributed by atoms with Crippen molar-refractivity contribution in [1.82, 2.24) is 0 Å². The van der Waals surface area contributed by atoms with Crippen LogP contribution in [0.5, 0.6) is 0 Å². The molecule has 1 rings (SSSR count). The molecule has 0 saturated heterocycles. The molecule has 0 radical (unpaired) electrons. The Labute approximate surface area is 119 Å². The summed E-state index contributed by atoms with van der Waals surface area (Å²) >= 11 is 0. The number of methoxy groups -OCH3 is 1. The maximum atomic E-state index is 11.6. The van der Waals surface area contributed by atoms with Crippen LogP contribution >= 0.6 is 0 Å². The lowest BCUT2D eigenvalue weighted by atomic mass is 10.1. The summed E-state index contributed by atoms with van der Waals surface area (Å²) in [6.07, 6.45) is 1.18. The second-order valence-corrected chi connectivity index (χ2v) is 7.83. The van der Waals surface area contributed by atoms with Crippen LogP contribution in [0.3, 0.4) is 0 Å². The van der Waals surface area contributed by atoms with E-state index in [9.17, 15) is 13.2 Å². The van der Waals surface area contributed by atoms with E-state index in [1.54, 1.807) is 32.0 Å². The molecule has 3 N–H and O–H groups in total. The van der Waals surface area contributed by atoms with Crippen LogP contribution in [-0.4, -0.2) is 39.0 Å². The van der Waals surface area contributed by atoms with Gasteiger partial charge in [-0.1, -0.05) is 0 Å². The Morgan fingerprint density at radius 3 is 2.50 bits per heavy atom. The molecule has 0 saturated carbocycles. The summed E-state index contributed by atoms with van der Waals surface area (Å²) in [5.41, 5.74) is 7.09. The predicted molar refractivity (Wildman–Crippen MR) is 79.6 cm³/mol. The third kappa shape index (κ3) is 3.63. The average Bonchev–Trinajstić information content (AvgIpc) is 2.35. The van der Waals surface area contributed by atoms with Gasteiger partial charge in [0.05, 0.1) is 28.8 Å². The molecular formula is C13H20N2O4S. The number of nitrogen functional groups attached to an aromatic ring is 1. The van der Waals surface area contributed by atoms with Gasteiger partial charge >= 0.3 is 5.97 Å². The van der Waals surface area contributed by atoms with Crippen molar-refractivity contribution in [3.8, 4) is 0 Å². The minimum atomic E-state index is -3.21. The number of carbonyl (C=O) groups is 1. The first-order chi connectivity index (χ1) is 9.08. The highest BCUT2D eigenvalue weighted by molar-refractivity contribution is 7.92. The summed E-state index contributed by atoms with van der Waals surface area (Å²) < 4.78 is 27.0. The summed E-state index contributed by atoms with van der Waals surface area (Å²) in [6, 6.07) is 4.66. The molecule has 1 aromatic rings. The molecule has 0 amide bonds. The van der Waals surface area contributed by atoms with E-state index in [2.05, 4.69) is 10.1 Å². The van der Waals surface area contributed by atoms with Crippen molar-refractivity contribution in [2.75, 3.05) is 31.0 Å². The lowest BCUT2D eigenvalue weighted by Crippen LogP contribution is -2.38. The largest absolute Gasteiger partial charge is 0.465 e. The molecule has 0 atom stereocenters. The Morgan fingerprint density at radius 2 is 2.00 bits per heavy atom. The number of nitrogens with two attached hydrogens (primary N) is 1. The van der Waals surface area contributed by atoms with E-state index in [-0.39, 0.29) is 6.54 Å². The number of sulfone groups is 1. The molecule has 112 valence electrons. The monoisotopic (exact) mass is 300 g/mol. The van der Waals surface area contributed by atoms with Crippen molar-refractivity contribution in [1.29, 1.82) is 0 Å². The van der Waals surface area contributed by atoms with Crippen molar-refractivity contribution < 1.29 is 17.9 Å². The third-order valence-corrected chi connectivity index (χ3v) is 5.33. The van der Waals surface area contributed by atoms with Crippen molar-refractivity contribution in [3.05, 3.63) is 23.8 Å². The zero-order valence-electron chi connectivity index (χ0n) is 12.1. The van der Waals surface area contributed by atoms with Crippen LogP contribution in [0.4, 0.5) is 11.4 Å². The zero-order chi connectivity index (χ0) is 15.6. The Hall–Kier alpha value is -1.76. The summed E-state index contributed by atoms with van der Waals surface area (Å²) in [5.74, 6) is -0.476. The fourth-order valence-electron chi connectivity index (χ4n) is 1.39. The molecule has 0 aliphatic rings. The molecule has 1 aromatic carbocycles. The fourth-order valence-corrected chi connectivity index (χ4v) is 1.73. The lowest BCUT2D eigenvalue weighted by molar-refractivity contribution is 0.0601. The minimum absolute atomic E-state index is 0.181. The van der Waals surface area contributed by atoms with E-state index in [4.69, 9.17) is 5.73 Å². The molecule has 0 aliphatic carbocycles. The first-order valence-corrected chi connectivity index (χ1v) is 7.89. The van der Waals surface area contributed by atoms with Gasteiger partial charge in [0.15, 0.2) is 9.84 Å². The molecule has 0 aromatic heterocycles. The maximum Gasteiger partial charge on any atom is 0.337 e. The Morgan fingerprint density at radius 1 is 1.40 bits per heavy atom. The number of nitrogens with one attached hydrogen (secondary N) is 1. The van der Waals surface area contributed by atoms with Crippen molar-refractivity contribution in [2.24, 2.45) is 0 Å². The van der Waals surface area contributed by atoms with Crippen molar-refractivity contribution >= 4 is 27.2 Å². The maximum absolute atomic E-state index is 11.6. The number of hydrogen-bond donors (Lipinski definition) is 2. The normalized spacial score (nSPS) is 12.0. The van der Waals surface area contributed by atoms with Crippen LogP contribution in [0.1, 0.15) is 24.2 Å². The fraction of sp³-hybridized carbons (Fsp3) is 0.462. The smallest absolute Gasteiger partial charge is 0.337 e. The van der Waals surface area contributed by atoms with Crippen LogP contribution in [0.2, 0.25) is 0 Å². The number of anilines is 2. The summed E-state index contributed by atoms with van der Waals surface area (Å²) in [7, 11) is -1.92. The van der Waals surface area contributed by atoms with Crippen molar-refractivity contribution in [2.45, 2.75) is 18.6 Å². The van der Waals surface area contributed by atoms with E-state index < -0.39 is 20.6 Å². The van der Waals surface area contributed by atoms with Gasteiger partial charge in [-0.2, -0.15) is 0 Å². The topological polar surface area (TPSA) is 98.5 Å². The SMILES string of the molecule is COC(=O)c1ccc(N)c(NCC(C)(C)S(C)(=O)=O)c1. The minimum Gasteiger partial charge on any atom is -0.465 e.